The van der Waals surface area contributed by atoms with Crippen LogP contribution in [0.1, 0.15) is 44.9 Å². The summed E-state index contributed by atoms with van der Waals surface area (Å²) in [5, 5.41) is 9.45. The molecule has 0 radical (unpaired) electrons. The molecule has 0 unspecified atom stereocenters. The Kier molecular flexibility index (Phi) is 4.56. The molecule has 0 aromatic carbocycles. The summed E-state index contributed by atoms with van der Waals surface area (Å²) in [6.07, 6.45) is 6.13. The van der Waals surface area contributed by atoms with Gasteiger partial charge < -0.3 is 5.32 Å². The van der Waals surface area contributed by atoms with Crippen LogP contribution in [0.15, 0.2) is 22.3 Å². The van der Waals surface area contributed by atoms with E-state index in [1.54, 1.807) is 11.3 Å². The third-order valence-corrected chi connectivity index (χ3v) is 6.36. The number of hydrogen-bond donors (Lipinski definition) is 1. The Bertz CT molecular complexity index is 1010. The molecule has 0 saturated heterocycles. The number of carbonyl (C=O) groups is 1. The Morgan fingerprint density at radius 1 is 1.35 bits per heavy atom. The first-order valence-electron chi connectivity index (χ1n) is 9.30. The highest BCUT2D eigenvalue weighted by molar-refractivity contribution is 7.17. The zero-order valence-electron chi connectivity index (χ0n) is 15.2. The van der Waals surface area contributed by atoms with Crippen molar-refractivity contribution in [1.82, 2.24) is 19.5 Å². The molecule has 4 rings (SSSR count). The number of nitrogens with zero attached hydrogens (tertiary/aromatic N) is 3. The molecule has 1 aliphatic carbocycles. The second-order valence-corrected chi connectivity index (χ2v) is 8.25. The first-order chi connectivity index (χ1) is 12.5. The fourth-order valence-electron chi connectivity index (χ4n) is 4.12. The molecule has 6 nitrogen and oxygen atoms in total. The Labute approximate surface area is 155 Å². The summed E-state index contributed by atoms with van der Waals surface area (Å²) in [4.78, 5) is 25.2. The number of nitrogens with one attached hydrogen (secondary N) is 1. The SMILES string of the molecule is Cc1nn(CC(=O)N[C@H](C)C2CCCCC2)c(=O)c2cc3sccc3n12. The number of hydrogen-bond acceptors (Lipinski definition) is 4. The van der Waals surface area contributed by atoms with Crippen molar-refractivity contribution in [2.45, 2.75) is 58.5 Å². The molecule has 1 amide bonds. The summed E-state index contributed by atoms with van der Waals surface area (Å²) in [5.74, 6) is 1.11. The molecule has 1 saturated carbocycles. The van der Waals surface area contributed by atoms with Crippen molar-refractivity contribution < 1.29 is 4.79 Å². The van der Waals surface area contributed by atoms with E-state index in [4.69, 9.17) is 0 Å². The zero-order valence-corrected chi connectivity index (χ0v) is 16.0. The van der Waals surface area contributed by atoms with Crippen LogP contribution < -0.4 is 10.9 Å². The lowest BCUT2D eigenvalue weighted by atomic mass is 9.84. The third-order valence-electron chi connectivity index (χ3n) is 5.50. The summed E-state index contributed by atoms with van der Waals surface area (Å²) >= 11 is 1.60. The van der Waals surface area contributed by atoms with Gasteiger partial charge in [-0.2, -0.15) is 5.10 Å². The predicted octanol–water partition coefficient (Wildman–Crippen LogP) is 3.10. The van der Waals surface area contributed by atoms with Crippen LogP contribution in [0.25, 0.3) is 15.7 Å². The van der Waals surface area contributed by atoms with Crippen LogP contribution in [0.2, 0.25) is 0 Å². The van der Waals surface area contributed by atoms with E-state index in [2.05, 4.69) is 17.3 Å². The molecule has 0 spiro atoms. The molecule has 3 aromatic heterocycles. The van der Waals surface area contributed by atoms with Gasteiger partial charge in [0.05, 0.1) is 10.2 Å². The molecule has 138 valence electrons. The number of thiophene rings is 1. The van der Waals surface area contributed by atoms with Crippen molar-refractivity contribution in [2.24, 2.45) is 5.92 Å². The van der Waals surface area contributed by atoms with Crippen LogP contribution in [0.5, 0.6) is 0 Å². The molecule has 0 aliphatic heterocycles. The van der Waals surface area contributed by atoms with E-state index in [1.807, 2.05) is 28.8 Å². The minimum absolute atomic E-state index is 0.0357. The first kappa shape index (κ1) is 17.3. The Morgan fingerprint density at radius 3 is 2.88 bits per heavy atom. The van der Waals surface area contributed by atoms with Crippen molar-refractivity contribution in [3.05, 3.63) is 33.7 Å². The largest absolute Gasteiger partial charge is 0.352 e. The summed E-state index contributed by atoms with van der Waals surface area (Å²) in [6, 6.07) is 4.02. The summed E-state index contributed by atoms with van der Waals surface area (Å²) < 4.78 is 4.21. The van der Waals surface area contributed by atoms with Crippen LogP contribution in [0.3, 0.4) is 0 Å². The Balaban J connectivity index is 1.55. The van der Waals surface area contributed by atoms with Crippen LogP contribution in [0.4, 0.5) is 0 Å². The molecular weight excluding hydrogens is 348 g/mol. The van der Waals surface area contributed by atoms with Crippen LogP contribution in [-0.4, -0.2) is 26.1 Å². The molecule has 1 fully saturated rings. The van der Waals surface area contributed by atoms with Gasteiger partial charge in [0.15, 0.2) is 0 Å². The molecule has 26 heavy (non-hydrogen) atoms. The molecule has 1 atom stereocenters. The van der Waals surface area contributed by atoms with E-state index in [0.717, 1.165) is 10.2 Å². The van der Waals surface area contributed by atoms with Gasteiger partial charge >= 0.3 is 0 Å². The molecule has 7 heteroatoms. The van der Waals surface area contributed by atoms with E-state index in [1.165, 1.54) is 36.8 Å². The van der Waals surface area contributed by atoms with Gasteiger partial charge in [-0.15, -0.1) is 11.3 Å². The van der Waals surface area contributed by atoms with Gasteiger partial charge in [-0.05, 0) is 50.1 Å². The summed E-state index contributed by atoms with van der Waals surface area (Å²) in [6.45, 7) is 3.90. The van der Waals surface area contributed by atoms with Crippen LogP contribution in [0, 0.1) is 12.8 Å². The smallest absolute Gasteiger partial charge is 0.291 e. The lowest BCUT2D eigenvalue weighted by Crippen LogP contribution is -2.42. The highest BCUT2D eigenvalue weighted by Crippen LogP contribution is 2.26. The summed E-state index contributed by atoms with van der Waals surface area (Å²) in [7, 11) is 0. The van der Waals surface area contributed by atoms with Gasteiger partial charge in [0.1, 0.15) is 17.9 Å². The van der Waals surface area contributed by atoms with E-state index < -0.39 is 0 Å². The van der Waals surface area contributed by atoms with Crippen molar-refractivity contribution in [1.29, 1.82) is 0 Å². The van der Waals surface area contributed by atoms with E-state index >= 15 is 0 Å². The normalized spacial score (nSPS) is 17.0. The second-order valence-electron chi connectivity index (χ2n) is 7.30. The van der Waals surface area contributed by atoms with Crippen molar-refractivity contribution in [3.8, 4) is 0 Å². The number of aryl methyl sites for hydroxylation is 1. The van der Waals surface area contributed by atoms with E-state index in [-0.39, 0.29) is 24.1 Å². The van der Waals surface area contributed by atoms with Crippen molar-refractivity contribution >= 4 is 33.0 Å². The molecule has 1 aliphatic rings. The van der Waals surface area contributed by atoms with E-state index in [9.17, 15) is 9.59 Å². The maximum absolute atomic E-state index is 12.8. The van der Waals surface area contributed by atoms with Gasteiger partial charge in [-0.25, -0.2) is 4.68 Å². The maximum atomic E-state index is 12.8. The molecule has 0 bridgehead atoms. The minimum atomic E-state index is -0.223. The van der Waals surface area contributed by atoms with Crippen LogP contribution >= 0.6 is 11.3 Å². The van der Waals surface area contributed by atoms with Gasteiger partial charge in [0, 0.05) is 6.04 Å². The highest BCUT2D eigenvalue weighted by Gasteiger charge is 2.22. The van der Waals surface area contributed by atoms with E-state index in [0.29, 0.717) is 17.3 Å². The second kappa shape index (κ2) is 6.87. The number of fused-ring (bicyclic) bond motifs is 3. The van der Waals surface area contributed by atoms with Gasteiger partial charge in [-0.3, -0.25) is 14.0 Å². The number of carbonyl (C=O) groups excluding carboxylic acids is 1. The lowest BCUT2D eigenvalue weighted by Gasteiger charge is -2.28. The number of aromatic nitrogens is 3. The van der Waals surface area contributed by atoms with Gasteiger partial charge in [0.25, 0.3) is 5.56 Å². The minimum Gasteiger partial charge on any atom is -0.352 e. The average molecular weight is 372 g/mol. The van der Waals surface area contributed by atoms with Crippen molar-refractivity contribution in [3.63, 3.8) is 0 Å². The monoisotopic (exact) mass is 372 g/mol. The molecule has 3 heterocycles. The Hall–Kier alpha value is -2.15. The topological polar surface area (TPSA) is 68.4 Å². The quantitative estimate of drug-likeness (QED) is 0.765. The fraction of sp³-hybridized carbons (Fsp3) is 0.526. The molecule has 1 N–H and O–H groups in total. The Morgan fingerprint density at radius 2 is 2.12 bits per heavy atom. The lowest BCUT2D eigenvalue weighted by molar-refractivity contribution is -0.123. The predicted molar refractivity (Wildman–Crippen MR) is 104 cm³/mol. The first-order valence-corrected chi connectivity index (χ1v) is 10.2. The van der Waals surface area contributed by atoms with Crippen molar-refractivity contribution in [2.75, 3.05) is 0 Å². The summed E-state index contributed by atoms with van der Waals surface area (Å²) in [5.41, 5.74) is 1.35. The van der Waals surface area contributed by atoms with Gasteiger partial charge in [-0.1, -0.05) is 19.3 Å². The molecular formula is C19H24N4O2S. The van der Waals surface area contributed by atoms with Crippen LogP contribution in [-0.2, 0) is 11.3 Å². The number of amides is 1. The average Bonchev–Trinajstić information content (AvgIpc) is 3.21. The maximum Gasteiger partial charge on any atom is 0.291 e. The fourth-order valence-corrected chi connectivity index (χ4v) is 4.93. The number of rotatable bonds is 4. The molecule has 3 aromatic rings. The standard InChI is InChI=1S/C19H24N4O2S/c1-12(14-6-4-3-5-7-14)20-18(24)11-22-19(25)16-10-17-15(8-9-26-17)23(16)13(2)21-22/h8-10,12,14H,3-7,11H2,1-2H3,(H,20,24)/t12-/m1/s1. The zero-order chi connectivity index (χ0) is 18.3. The third kappa shape index (κ3) is 3.05. The highest BCUT2D eigenvalue weighted by atomic mass is 32.1. The van der Waals surface area contributed by atoms with Gasteiger partial charge in [0.2, 0.25) is 5.91 Å².